The first-order valence-electron chi connectivity index (χ1n) is 10.6. The molecular weight excluding hydrogens is 344 g/mol. The lowest BCUT2D eigenvalue weighted by Crippen LogP contribution is -2.48. The standard InChI is InChI=1S/C24H30N4/c1-16-8-9-17(2)23-19(16)11-13-22(23)28(24-25-14-15-27(24)3)26-21-12-10-18-6-4-5-7-20(18)21/h4-9,22,24-25H,10-15H2,1-3H3. The molecule has 2 aromatic carbocycles. The van der Waals surface area contributed by atoms with E-state index in [0.717, 1.165) is 38.8 Å². The lowest BCUT2D eigenvalue weighted by Gasteiger charge is -2.36. The largest absolute Gasteiger partial charge is 0.282 e. The maximum absolute atomic E-state index is 5.35. The van der Waals surface area contributed by atoms with Gasteiger partial charge in [-0.1, -0.05) is 36.4 Å². The van der Waals surface area contributed by atoms with Crippen LogP contribution in [-0.4, -0.2) is 42.0 Å². The average Bonchev–Trinajstić information content (AvgIpc) is 3.42. The molecule has 0 radical (unpaired) electrons. The van der Waals surface area contributed by atoms with Crippen LogP contribution >= 0.6 is 0 Å². The van der Waals surface area contributed by atoms with Gasteiger partial charge >= 0.3 is 0 Å². The van der Waals surface area contributed by atoms with Gasteiger partial charge in [0, 0.05) is 18.7 Å². The van der Waals surface area contributed by atoms with Gasteiger partial charge < -0.3 is 0 Å². The maximum atomic E-state index is 5.35. The maximum Gasteiger partial charge on any atom is 0.153 e. The molecule has 5 rings (SSSR count). The SMILES string of the molecule is Cc1ccc(C)c2c1CCC2N(N=C1CCc2ccccc21)C1NCCN1C. The van der Waals surface area contributed by atoms with Gasteiger partial charge in [0.1, 0.15) is 0 Å². The van der Waals surface area contributed by atoms with Gasteiger partial charge in [-0.3, -0.25) is 15.2 Å². The van der Waals surface area contributed by atoms with E-state index in [1.807, 2.05) is 0 Å². The van der Waals surface area contributed by atoms with E-state index in [0.29, 0.717) is 6.04 Å². The minimum absolute atomic E-state index is 0.163. The fraction of sp³-hybridized carbons (Fsp3) is 0.458. The number of nitrogens with one attached hydrogen (secondary N) is 1. The Bertz CT molecular complexity index is 932. The molecule has 2 aliphatic carbocycles. The highest BCUT2D eigenvalue weighted by Crippen LogP contribution is 2.41. The topological polar surface area (TPSA) is 30.9 Å². The van der Waals surface area contributed by atoms with E-state index in [9.17, 15) is 0 Å². The highest BCUT2D eigenvalue weighted by atomic mass is 15.6. The second kappa shape index (κ2) is 7.02. The zero-order valence-electron chi connectivity index (χ0n) is 17.2. The van der Waals surface area contributed by atoms with Crippen LogP contribution in [0.15, 0.2) is 41.5 Å². The molecule has 0 saturated carbocycles. The molecule has 2 unspecified atom stereocenters. The van der Waals surface area contributed by atoms with E-state index >= 15 is 0 Å². The number of hydrogen-bond donors (Lipinski definition) is 1. The molecule has 4 nitrogen and oxygen atoms in total. The quantitative estimate of drug-likeness (QED) is 0.830. The summed E-state index contributed by atoms with van der Waals surface area (Å²) in [7, 11) is 2.21. The van der Waals surface area contributed by atoms with Crippen molar-refractivity contribution in [2.75, 3.05) is 20.1 Å². The minimum atomic E-state index is 0.163. The fourth-order valence-corrected chi connectivity index (χ4v) is 5.27. The smallest absolute Gasteiger partial charge is 0.153 e. The number of benzene rings is 2. The van der Waals surface area contributed by atoms with Crippen LogP contribution < -0.4 is 5.32 Å². The zero-order chi connectivity index (χ0) is 19.3. The van der Waals surface area contributed by atoms with Gasteiger partial charge in [0.25, 0.3) is 0 Å². The van der Waals surface area contributed by atoms with Crippen LogP contribution in [0.4, 0.5) is 0 Å². The molecule has 0 aromatic heterocycles. The van der Waals surface area contributed by atoms with Crippen LogP contribution in [-0.2, 0) is 12.8 Å². The van der Waals surface area contributed by atoms with E-state index in [4.69, 9.17) is 5.10 Å². The summed E-state index contributed by atoms with van der Waals surface area (Å²) >= 11 is 0. The van der Waals surface area contributed by atoms with E-state index in [1.54, 1.807) is 5.56 Å². The van der Waals surface area contributed by atoms with Crippen molar-refractivity contribution in [3.8, 4) is 0 Å². The normalized spacial score (nSPS) is 25.3. The number of fused-ring (bicyclic) bond motifs is 2. The van der Waals surface area contributed by atoms with Crippen molar-refractivity contribution >= 4 is 5.71 Å². The van der Waals surface area contributed by atoms with Crippen LogP contribution in [0.3, 0.4) is 0 Å². The summed E-state index contributed by atoms with van der Waals surface area (Å²) in [4.78, 5) is 2.40. The highest BCUT2D eigenvalue weighted by Gasteiger charge is 2.37. The molecule has 1 saturated heterocycles. The summed E-state index contributed by atoms with van der Waals surface area (Å²) in [6.07, 6.45) is 4.61. The number of aryl methyl sites for hydroxylation is 3. The van der Waals surface area contributed by atoms with Crippen molar-refractivity contribution in [1.82, 2.24) is 15.2 Å². The summed E-state index contributed by atoms with van der Waals surface area (Å²) in [5.74, 6) is 0. The van der Waals surface area contributed by atoms with Crippen molar-refractivity contribution in [3.05, 3.63) is 69.8 Å². The number of hydrazone groups is 1. The van der Waals surface area contributed by atoms with Crippen molar-refractivity contribution < 1.29 is 0 Å². The molecule has 3 aliphatic rings. The van der Waals surface area contributed by atoms with Gasteiger partial charge in [0.2, 0.25) is 0 Å². The Morgan fingerprint density at radius 3 is 2.68 bits per heavy atom. The Morgan fingerprint density at radius 1 is 1.04 bits per heavy atom. The minimum Gasteiger partial charge on any atom is -0.282 e. The van der Waals surface area contributed by atoms with Gasteiger partial charge in [-0.2, -0.15) is 5.10 Å². The van der Waals surface area contributed by atoms with Gasteiger partial charge in [-0.05, 0) is 74.4 Å². The molecule has 1 N–H and O–H groups in total. The average molecular weight is 375 g/mol. The predicted molar refractivity (Wildman–Crippen MR) is 115 cm³/mol. The molecule has 0 spiro atoms. The molecule has 2 atom stereocenters. The first-order valence-corrected chi connectivity index (χ1v) is 10.6. The van der Waals surface area contributed by atoms with Gasteiger partial charge in [0.15, 0.2) is 6.29 Å². The molecule has 0 amide bonds. The van der Waals surface area contributed by atoms with Crippen molar-refractivity contribution in [2.45, 2.75) is 51.9 Å². The number of nitrogens with zero attached hydrogens (tertiary/aromatic N) is 3. The van der Waals surface area contributed by atoms with Crippen molar-refractivity contribution in [2.24, 2.45) is 5.10 Å². The number of likely N-dealkylation sites (N-methyl/N-ethyl adjacent to an activating group) is 1. The molecule has 1 fully saturated rings. The zero-order valence-corrected chi connectivity index (χ0v) is 17.2. The molecule has 4 heteroatoms. The van der Waals surface area contributed by atoms with E-state index in [1.165, 1.54) is 33.5 Å². The lowest BCUT2D eigenvalue weighted by atomic mass is 9.98. The molecule has 1 heterocycles. The van der Waals surface area contributed by atoms with Crippen LogP contribution in [0.1, 0.15) is 52.3 Å². The van der Waals surface area contributed by atoms with E-state index < -0.39 is 0 Å². The summed E-state index contributed by atoms with van der Waals surface area (Å²) < 4.78 is 0. The Labute approximate surface area is 168 Å². The van der Waals surface area contributed by atoms with Gasteiger partial charge in [-0.15, -0.1) is 0 Å². The lowest BCUT2D eigenvalue weighted by molar-refractivity contribution is 0.0408. The summed E-state index contributed by atoms with van der Waals surface area (Å²) in [5.41, 5.74) is 9.91. The molecule has 28 heavy (non-hydrogen) atoms. The summed E-state index contributed by atoms with van der Waals surface area (Å²) in [6, 6.07) is 13.7. The second-order valence-corrected chi connectivity index (χ2v) is 8.54. The highest BCUT2D eigenvalue weighted by molar-refractivity contribution is 6.04. The summed E-state index contributed by atoms with van der Waals surface area (Å²) in [5, 5.41) is 11.4. The molecule has 1 aliphatic heterocycles. The number of rotatable bonds is 3. The predicted octanol–water partition coefficient (Wildman–Crippen LogP) is 3.76. The van der Waals surface area contributed by atoms with Crippen LogP contribution in [0.25, 0.3) is 0 Å². The third kappa shape index (κ3) is 2.87. The van der Waals surface area contributed by atoms with Gasteiger partial charge in [0.05, 0.1) is 11.8 Å². The van der Waals surface area contributed by atoms with E-state index in [-0.39, 0.29) is 6.29 Å². The van der Waals surface area contributed by atoms with E-state index in [2.05, 4.69) is 72.5 Å². The van der Waals surface area contributed by atoms with Crippen LogP contribution in [0.2, 0.25) is 0 Å². The first kappa shape index (κ1) is 17.9. The fourth-order valence-electron chi connectivity index (χ4n) is 5.27. The Balaban J connectivity index is 1.59. The first-order chi connectivity index (χ1) is 13.6. The Hall–Kier alpha value is -2.17. The monoisotopic (exact) mass is 374 g/mol. The van der Waals surface area contributed by atoms with Crippen LogP contribution in [0, 0.1) is 13.8 Å². The molecule has 146 valence electrons. The summed E-state index contributed by atoms with van der Waals surface area (Å²) in [6.45, 7) is 6.60. The van der Waals surface area contributed by atoms with Crippen molar-refractivity contribution in [1.29, 1.82) is 0 Å². The Kier molecular flexibility index (Phi) is 4.48. The van der Waals surface area contributed by atoms with Crippen LogP contribution in [0.5, 0.6) is 0 Å². The number of hydrogen-bond acceptors (Lipinski definition) is 4. The third-order valence-electron chi connectivity index (χ3n) is 6.78. The second-order valence-electron chi connectivity index (χ2n) is 8.54. The Morgan fingerprint density at radius 2 is 1.86 bits per heavy atom. The molecular formula is C24H30N4. The molecule has 0 bridgehead atoms. The molecule has 2 aromatic rings. The van der Waals surface area contributed by atoms with Crippen molar-refractivity contribution in [3.63, 3.8) is 0 Å². The third-order valence-corrected chi connectivity index (χ3v) is 6.78. The van der Waals surface area contributed by atoms with Gasteiger partial charge in [-0.25, -0.2) is 0 Å².